The maximum absolute atomic E-state index is 13.3. The molecule has 0 aromatic heterocycles. The molecule has 7 nitrogen and oxygen atoms in total. The van der Waals surface area contributed by atoms with Gasteiger partial charge in [-0.1, -0.05) is 0 Å². The minimum atomic E-state index is -4.69. The summed E-state index contributed by atoms with van der Waals surface area (Å²) in [5, 5.41) is 18.5. The molecule has 1 rings (SSSR count). The van der Waals surface area contributed by atoms with Crippen LogP contribution in [0.2, 0.25) is 0 Å². The zero-order valence-electron chi connectivity index (χ0n) is 8.43. The smallest absolute Gasteiger partial charge is 0.387 e. The second kappa shape index (κ2) is 5.05. The van der Waals surface area contributed by atoms with E-state index in [1.165, 1.54) is 6.92 Å². The largest absolute Gasteiger partial charge is 0.469 e. The van der Waals surface area contributed by atoms with Crippen molar-refractivity contribution >= 4 is 7.82 Å². The van der Waals surface area contributed by atoms with Crippen LogP contribution in [-0.2, 0) is 13.8 Å². The average molecular weight is 260 g/mol. The molecule has 0 bridgehead atoms. The van der Waals surface area contributed by atoms with Gasteiger partial charge in [0.25, 0.3) is 0 Å². The molecular weight excluding hydrogens is 246 g/mol. The quantitative estimate of drug-likeness (QED) is 0.478. The number of phosphoric acid groups is 1. The van der Waals surface area contributed by atoms with Gasteiger partial charge in [-0.05, 0) is 6.92 Å². The van der Waals surface area contributed by atoms with Gasteiger partial charge in [0.1, 0.15) is 18.3 Å². The molecule has 1 aliphatic rings. The summed E-state index contributed by atoms with van der Waals surface area (Å²) in [7, 11) is -4.69. The highest BCUT2D eigenvalue weighted by atomic mass is 31.2. The Labute approximate surface area is 91.0 Å². The van der Waals surface area contributed by atoms with E-state index in [-0.39, 0.29) is 0 Å². The van der Waals surface area contributed by atoms with Crippen LogP contribution in [0.4, 0.5) is 4.39 Å². The molecule has 9 heteroatoms. The van der Waals surface area contributed by atoms with E-state index < -0.39 is 45.0 Å². The van der Waals surface area contributed by atoms with Gasteiger partial charge in [-0.25, -0.2) is 8.96 Å². The van der Waals surface area contributed by atoms with Crippen molar-refractivity contribution in [3.05, 3.63) is 0 Å². The zero-order chi connectivity index (χ0) is 12.5. The molecule has 1 fully saturated rings. The number of alkyl halides is 1. The first-order chi connectivity index (χ1) is 7.22. The van der Waals surface area contributed by atoms with Gasteiger partial charge in [-0.3, -0.25) is 4.52 Å². The lowest BCUT2D eigenvalue weighted by molar-refractivity contribution is -0.205. The third-order valence-corrected chi connectivity index (χ3v) is 2.80. The SMILES string of the molecule is C[C@H]1O[C@H](COP(=O)(O)O)[C@@H](O)[C@H](F)[C@@H]1O. The Hall–Kier alpha value is -0.0800. The second-order valence-electron chi connectivity index (χ2n) is 3.59. The van der Waals surface area contributed by atoms with E-state index >= 15 is 0 Å². The van der Waals surface area contributed by atoms with Gasteiger partial charge >= 0.3 is 7.82 Å². The van der Waals surface area contributed by atoms with Gasteiger partial charge in [0.15, 0.2) is 6.17 Å². The monoisotopic (exact) mass is 260 g/mol. The number of hydrogen-bond acceptors (Lipinski definition) is 5. The third-order valence-electron chi connectivity index (χ3n) is 2.31. The first-order valence-electron chi connectivity index (χ1n) is 4.58. The van der Waals surface area contributed by atoms with Crippen LogP contribution in [0, 0.1) is 0 Å². The van der Waals surface area contributed by atoms with Crippen LogP contribution in [0.1, 0.15) is 6.92 Å². The second-order valence-corrected chi connectivity index (χ2v) is 4.83. The minimum absolute atomic E-state index is 0.650. The van der Waals surface area contributed by atoms with Crippen LogP contribution >= 0.6 is 7.82 Å². The molecule has 96 valence electrons. The lowest BCUT2D eigenvalue weighted by Crippen LogP contribution is -2.56. The highest BCUT2D eigenvalue weighted by molar-refractivity contribution is 7.46. The molecule has 0 aromatic carbocycles. The summed E-state index contributed by atoms with van der Waals surface area (Å²) >= 11 is 0. The molecule has 0 aromatic rings. The number of aliphatic hydroxyl groups is 2. The number of ether oxygens (including phenoxy) is 1. The van der Waals surface area contributed by atoms with Crippen LogP contribution in [0.25, 0.3) is 0 Å². The predicted molar refractivity (Wildman–Crippen MR) is 49.2 cm³/mol. The predicted octanol–water partition coefficient (Wildman–Crippen LogP) is -1.06. The van der Waals surface area contributed by atoms with Crippen molar-refractivity contribution in [2.24, 2.45) is 0 Å². The molecule has 0 amide bonds. The Kier molecular flexibility index (Phi) is 4.42. The Morgan fingerprint density at radius 3 is 2.44 bits per heavy atom. The van der Waals surface area contributed by atoms with Crippen molar-refractivity contribution in [1.29, 1.82) is 0 Å². The highest BCUT2D eigenvalue weighted by Gasteiger charge is 2.43. The summed E-state index contributed by atoms with van der Waals surface area (Å²) in [6, 6.07) is 0. The van der Waals surface area contributed by atoms with Crippen molar-refractivity contribution in [1.82, 2.24) is 0 Å². The molecule has 1 heterocycles. The summed E-state index contributed by atoms with van der Waals surface area (Å²) in [6.45, 7) is 0.733. The Bertz CT molecular complexity index is 282. The third kappa shape index (κ3) is 3.46. The maximum Gasteiger partial charge on any atom is 0.469 e. The van der Waals surface area contributed by atoms with Crippen LogP contribution in [0.3, 0.4) is 0 Å². The van der Waals surface area contributed by atoms with Gasteiger partial charge in [0.05, 0.1) is 12.7 Å². The molecule has 0 unspecified atom stereocenters. The number of hydrogen-bond donors (Lipinski definition) is 4. The van der Waals surface area contributed by atoms with Crippen LogP contribution < -0.4 is 0 Å². The molecule has 16 heavy (non-hydrogen) atoms. The summed E-state index contributed by atoms with van der Waals surface area (Å²) < 4.78 is 32.7. The van der Waals surface area contributed by atoms with Crippen LogP contribution in [-0.4, -0.2) is 57.2 Å². The van der Waals surface area contributed by atoms with E-state index in [1.54, 1.807) is 0 Å². The average Bonchev–Trinajstić information content (AvgIpc) is 2.17. The van der Waals surface area contributed by atoms with Gasteiger partial charge < -0.3 is 24.7 Å². The number of halogens is 1. The van der Waals surface area contributed by atoms with E-state index in [9.17, 15) is 19.2 Å². The van der Waals surface area contributed by atoms with Gasteiger partial charge in [-0.2, -0.15) is 0 Å². The van der Waals surface area contributed by atoms with Crippen molar-refractivity contribution in [3.63, 3.8) is 0 Å². The standard InChI is InChI=1S/C7H14FO7P/c1-3-6(9)5(8)7(10)4(15-3)2-14-16(11,12)13/h3-7,9-10H,2H2,1H3,(H2,11,12,13)/t3-,4-,5-,6-,7-/m1/s1. The van der Waals surface area contributed by atoms with E-state index in [1.807, 2.05) is 0 Å². The van der Waals surface area contributed by atoms with Gasteiger partial charge in [0, 0.05) is 0 Å². The van der Waals surface area contributed by atoms with Crippen LogP contribution in [0.5, 0.6) is 0 Å². The van der Waals surface area contributed by atoms with E-state index in [2.05, 4.69) is 4.52 Å². The molecule has 5 atom stereocenters. The summed E-state index contributed by atoms with van der Waals surface area (Å²) in [5.41, 5.74) is 0. The zero-order valence-corrected chi connectivity index (χ0v) is 9.33. The lowest BCUT2D eigenvalue weighted by atomic mass is 9.97. The van der Waals surface area contributed by atoms with E-state index in [4.69, 9.17) is 14.5 Å². The highest BCUT2D eigenvalue weighted by Crippen LogP contribution is 2.37. The van der Waals surface area contributed by atoms with E-state index in [0.717, 1.165) is 0 Å². The first-order valence-corrected chi connectivity index (χ1v) is 6.11. The fraction of sp³-hybridized carbons (Fsp3) is 1.00. The van der Waals surface area contributed by atoms with Crippen molar-refractivity contribution < 1.29 is 38.2 Å². The molecule has 0 aliphatic carbocycles. The Morgan fingerprint density at radius 1 is 1.38 bits per heavy atom. The van der Waals surface area contributed by atoms with Crippen LogP contribution in [0.15, 0.2) is 0 Å². The Balaban J connectivity index is 2.57. The summed E-state index contributed by atoms with van der Waals surface area (Å²) in [6.07, 6.45) is -7.20. The number of phosphoric ester groups is 1. The molecule has 1 aliphatic heterocycles. The molecule has 4 N–H and O–H groups in total. The normalized spacial score (nSPS) is 41.0. The van der Waals surface area contributed by atoms with Crippen molar-refractivity contribution in [2.45, 2.75) is 37.5 Å². The van der Waals surface area contributed by atoms with Gasteiger partial charge in [0.2, 0.25) is 0 Å². The summed E-state index contributed by atoms with van der Waals surface area (Å²) in [5.74, 6) is 0. The molecule has 0 spiro atoms. The molecular formula is C7H14FO7P. The van der Waals surface area contributed by atoms with Crippen molar-refractivity contribution in [3.8, 4) is 0 Å². The first kappa shape index (κ1) is 14.0. The summed E-state index contributed by atoms with van der Waals surface area (Å²) in [4.78, 5) is 16.9. The number of aliphatic hydroxyl groups excluding tert-OH is 2. The molecule has 1 saturated heterocycles. The maximum atomic E-state index is 13.3. The molecule has 0 radical (unpaired) electrons. The topological polar surface area (TPSA) is 116 Å². The molecule has 0 saturated carbocycles. The lowest BCUT2D eigenvalue weighted by Gasteiger charge is -2.37. The van der Waals surface area contributed by atoms with Gasteiger partial charge in [-0.15, -0.1) is 0 Å². The Morgan fingerprint density at radius 2 is 1.94 bits per heavy atom. The minimum Gasteiger partial charge on any atom is -0.387 e. The fourth-order valence-corrected chi connectivity index (χ4v) is 1.75. The fourth-order valence-electron chi connectivity index (χ4n) is 1.41. The number of rotatable bonds is 3. The van der Waals surface area contributed by atoms with E-state index in [0.29, 0.717) is 0 Å². The van der Waals surface area contributed by atoms with Crippen molar-refractivity contribution in [2.75, 3.05) is 6.61 Å².